The fraction of sp³-hybridized carbons (Fsp3) is 0.982. The van der Waals surface area contributed by atoms with Crippen LogP contribution in [0.15, 0.2) is 0 Å². The first-order valence-corrected chi connectivity index (χ1v) is 31.2. The van der Waals surface area contributed by atoms with E-state index < -0.39 is 316 Å². The maximum atomic E-state index is 12.9. The van der Waals surface area contributed by atoms with Crippen LogP contribution in [0.4, 0.5) is 0 Å². The first-order chi connectivity index (χ1) is 44.9. The van der Waals surface area contributed by atoms with Crippen LogP contribution in [0.1, 0.15) is 34.1 Å². The molecular formula is C55H95NO39. The summed E-state index contributed by atoms with van der Waals surface area (Å²) in [5.41, 5.74) is 5.97. The van der Waals surface area contributed by atoms with Crippen molar-refractivity contribution in [1.82, 2.24) is 0 Å². The van der Waals surface area contributed by atoms with Gasteiger partial charge in [-0.1, -0.05) is 20.8 Å². The van der Waals surface area contributed by atoms with Crippen molar-refractivity contribution in [2.75, 3.05) is 52.9 Å². The molecule has 41 atom stereocenters. The second kappa shape index (κ2) is 33.4. The Bertz CT molecular complexity index is 2360. The lowest BCUT2D eigenvalue weighted by atomic mass is 9.88. The molecule has 0 aromatic rings. The van der Waals surface area contributed by atoms with Crippen LogP contribution in [0.2, 0.25) is 0 Å². The molecule has 25 N–H and O–H groups in total. The van der Waals surface area contributed by atoms with Crippen molar-refractivity contribution in [2.24, 2.45) is 23.5 Å². The summed E-state index contributed by atoms with van der Waals surface area (Å²) in [6.07, 6.45) is -67.1. The minimum Gasteiger partial charge on any atom is -0.477 e. The van der Waals surface area contributed by atoms with Gasteiger partial charge in [0, 0.05) is 24.2 Å². The third kappa shape index (κ3) is 16.3. The Morgan fingerprint density at radius 1 is 0.432 bits per heavy atom. The summed E-state index contributed by atoms with van der Waals surface area (Å²) >= 11 is 0. The average molecular weight is 1390 g/mol. The molecule has 8 aliphatic rings. The summed E-state index contributed by atoms with van der Waals surface area (Å²) in [7, 11) is 0. The number of ether oxygens (including phenoxy) is 15. The Labute approximate surface area is 541 Å². The zero-order valence-electron chi connectivity index (χ0n) is 51.9. The number of aliphatic hydroxyl groups is 22. The molecule has 8 rings (SSSR count). The van der Waals surface area contributed by atoms with Gasteiger partial charge in [-0.25, -0.2) is 4.79 Å². The molecule has 40 heteroatoms. The molecule has 554 valence electrons. The number of nitrogens with two attached hydrogens (primary N) is 1. The lowest BCUT2D eigenvalue weighted by Crippen LogP contribution is -2.70. The highest BCUT2D eigenvalue weighted by atomic mass is 16.8. The quantitative estimate of drug-likeness (QED) is 0.0404. The van der Waals surface area contributed by atoms with Crippen LogP contribution >= 0.6 is 0 Å². The van der Waals surface area contributed by atoms with Gasteiger partial charge in [0.25, 0.3) is 5.79 Å². The van der Waals surface area contributed by atoms with Crippen LogP contribution in [-0.2, 0) is 75.8 Å². The zero-order chi connectivity index (χ0) is 70.1. The van der Waals surface area contributed by atoms with E-state index in [1.807, 2.05) is 0 Å². The largest absolute Gasteiger partial charge is 0.477 e. The van der Waals surface area contributed by atoms with Gasteiger partial charge in [0.05, 0.1) is 89.4 Å². The summed E-state index contributed by atoms with van der Waals surface area (Å²) < 4.78 is 88.4. The molecular weight excluding hydrogens is 1300 g/mol. The third-order valence-corrected chi connectivity index (χ3v) is 19.1. The lowest BCUT2D eigenvalue weighted by Gasteiger charge is -2.51. The Balaban J connectivity index is 1.00. The molecule has 0 saturated carbocycles. The molecule has 8 heterocycles. The minimum absolute atomic E-state index is 0.499. The van der Waals surface area contributed by atoms with E-state index in [1.54, 1.807) is 13.8 Å². The van der Waals surface area contributed by atoms with Crippen molar-refractivity contribution in [3.8, 4) is 0 Å². The maximum absolute atomic E-state index is 12.9. The van der Waals surface area contributed by atoms with Gasteiger partial charge < -0.3 is 194 Å². The molecule has 40 nitrogen and oxygen atoms in total. The Morgan fingerprint density at radius 2 is 0.821 bits per heavy atom. The monoisotopic (exact) mass is 1390 g/mol. The molecule has 95 heavy (non-hydrogen) atoms. The topological polar surface area (TPSA) is 647 Å². The van der Waals surface area contributed by atoms with Gasteiger partial charge in [-0.15, -0.1) is 0 Å². The molecule has 0 aliphatic carbocycles. The van der Waals surface area contributed by atoms with E-state index in [-0.39, 0.29) is 0 Å². The minimum atomic E-state index is -3.11. The lowest BCUT2D eigenvalue weighted by molar-refractivity contribution is -0.395. The predicted molar refractivity (Wildman–Crippen MR) is 297 cm³/mol. The predicted octanol–water partition coefficient (Wildman–Crippen LogP) is -14.4. The van der Waals surface area contributed by atoms with E-state index in [1.165, 1.54) is 13.8 Å². The molecule has 8 saturated heterocycles. The van der Waals surface area contributed by atoms with Gasteiger partial charge in [0.2, 0.25) is 0 Å². The summed E-state index contributed by atoms with van der Waals surface area (Å²) in [6.45, 7) is -1.55. The molecule has 8 fully saturated rings. The normalized spacial score (nSPS) is 51.6. The van der Waals surface area contributed by atoms with E-state index in [9.17, 15) is 122 Å². The second-order valence-electron chi connectivity index (χ2n) is 25.3. The van der Waals surface area contributed by atoms with Crippen LogP contribution in [0.25, 0.3) is 0 Å². The first-order valence-electron chi connectivity index (χ1n) is 31.2. The number of carboxylic acids is 1. The summed E-state index contributed by atoms with van der Waals surface area (Å²) in [5, 5.41) is 250. The van der Waals surface area contributed by atoms with Crippen LogP contribution in [0.5, 0.6) is 0 Å². The number of carboxylic acid groups (broad SMARTS) is 1. The van der Waals surface area contributed by atoms with Gasteiger partial charge in [-0.3, -0.25) is 0 Å². The van der Waals surface area contributed by atoms with Crippen molar-refractivity contribution >= 4 is 5.97 Å². The summed E-state index contributed by atoms with van der Waals surface area (Å²) in [4.78, 5) is 12.9. The summed E-state index contributed by atoms with van der Waals surface area (Å²) in [6, 6.07) is -1.61. The van der Waals surface area contributed by atoms with E-state index in [0.29, 0.717) is 0 Å². The van der Waals surface area contributed by atoms with Crippen LogP contribution < -0.4 is 5.73 Å². The van der Waals surface area contributed by atoms with Crippen molar-refractivity contribution in [3.05, 3.63) is 0 Å². The van der Waals surface area contributed by atoms with Crippen LogP contribution in [0, 0.1) is 17.8 Å². The smallest absolute Gasteiger partial charge is 0.364 e. The summed E-state index contributed by atoms with van der Waals surface area (Å²) in [5.74, 6) is -8.12. The Kier molecular flexibility index (Phi) is 27.6. The van der Waals surface area contributed by atoms with Gasteiger partial charge >= 0.3 is 5.97 Å². The number of rotatable bonds is 25. The number of aliphatic carboxylic acids is 1. The highest BCUT2D eigenvalue weighted by Gasteiger charge is 2.61. The van der Waals surface area contributed by atoms with Gasteiger partial charge in [0.1, 0.15) is 153 Å². The number of carbonyl (C=O) groups is 1. The Morgan fingerprint density at radius 3 is 1.32 bits per heavy atom. The number of hydrogen-bond donors (Lipinski definition) is 24. The SMILES string of the molecule is CC1C(O)[C@H](O[C@@H]2OC(CO)[C@H](O)C(O[C@]3(C(=O)O)C[C@@H](O)[C@@H](N)C([C@H](O)[C@H](O)CO)O3)[C@@H]2O)[C@H](CO)O[C@H]1O[C@@H]1C(O)[C@H](O)C(CO)O[C@@H]1OCC1O[C@@H](O[C@@H]2C(CO)O[C@@H](O[C@@H]3C(CO)O[C@@H](C)[C@@H](C)C3O)[C@@H](C)C2O)[C@H](O)C(O[C@H]2O[C@H](CO)[C@@H](O)C(O)C2O)[C@@H]1O. The number of hydrogen-bond acceptors (Lipinski definition) is 39. The molecule has 0 spiro atoms. The van der Waals surface area contributed by atoms with E-state index >= 15 is 0 Å². The third-order valence-electron chi connectivity index (χ3n) is 19.1. The van der Waals surface area contributed by atoms with Crippen molar-refractivity contribution in [1.29, 1.82) is 0 Å². The van der Waals surface area contributed by atoms with Gasteiger partial charge in [-0.05, 0) is 6.92 Å². The molecule has 0 aromatic carbocycles. The van der Waals surface area contributed by atoms with Gasteiger partial charge in [0.15, 0.2) is 37.7 Å². The van der Waals surface area contributed by atoms with Crippen LogP contribution in [-0.4, -0.2) is 409 Å². The van der Waals surface area contributed by atoms with E-state index in [4.69, 9.17) is 76.8 Å². The molecule has 0 amide bonds. The first kappa shape index (κ1) is 78.7. The van der Waals surface area contributed by atoms with Crippen LogP contribution in [0.3, 0.4) is 0 Å². The van der Waals surface area contributed by atoms with Gasteiger partial charge in [-0.2, -0.15) is 0 Å². The van der Waals surface area contributed by atoms with Crippen molar-refractivity contribution in [2.45, 2.75) is 267 Å². The van der Waals surface area contributed by atoms with Crippen molar-refractivity contribution < 1.29 is 193 Å². The fourth-order valence-electron chi connectivity index (χ4n) is 12.8. The Hall–Kier alpha value is -2.05. The fourth-order valence-corrected chi connectivity index (χ4v) is 12.8. The highest BCUT2D eigenvalue weighted by molar-refractivity contribution is 5.76. The highest BCUT2D eigenvalue weighted by Crippen LogP contribution is 2.42. The number of aliphatic hydroxyl groups excluding tert-OH is 22. The van der Waals surface area contributed by atoms with E-state index in [2.05, 4.69) is 0 Å². The molecule has 8 aliphatic heterocycles. The second-order valence-corrected chi connectivity index (χ2v) is 25.3. The maximum Gasteiger partial charge on any atom is 0.364 e. The van der Waals surface area contributed by atoms with Crippen molar-refractivity contribution in [3.63, 3.8) is 0 Å². The molecule has 15 unspecified atom stereocenters. The molecule has 0 bridgehead atoms. The average Bonchev–Trinajstić information content (AvgIpc) is 0.769. The zero-order valence-corrected chi connectivity index (χ0v) is 51.9. The standard InChI is InChI=1S/C55H95NO39/c1-14-17(4)82-23(10-61)41(28(14)66)89-48-15(2)29(67)42(24(11-62)86-48)90-51-39(77)45(92-50-38(76)36(74)32(70)20(7-58)83-50)35(73)26(88-51)13-81-53-47(37(75)33(71)21(8-59)85-53)93-49-16(3)30(68)43(25(12-63)87-49)91-52-40(78)46(34(72)22(9-60)84-52)95-55(54(79)80)5-18(64)27(56)44(94-55)31(69)19(65)6-57/h14-53,57-78H,5-13,56H2,1-4H3,(H,79,80)/t14-,15+,16?,17+,18-,19-,20-,21?,22?,23?,24?,25+,26?,27-,28?,29?,30?,31-,32-,33-,34+,35-,36?,37?,38?,39-,40+,41-,42-,43-,44?,45?,46?,47-,48+,49+,50-,51+,52+,53+,55+/m1/s1. The van der Waals surface area contributed by atoms with E-state index in [0.717, 1.165) is 0 Å². The molecule has 0 aromatic heterocycles. The molecule has 0 radical (unpaired) electrons.